The molecule has 1 N–H and O–H groups in total. The second-order valence-electron chi connectivity index (χ2n) is 5.05. The van der Waals surface area contributed by atoms with Crippen LogP contribution in [0.2, 0.25) is 10.0 Å². The molecule has 2 nitrogen and oxygen atoms in total. The summed E-state index contributed by atoms with van der Waals surface area (Å²) in [4.78, 5) is 0. The van der Waals surface area contributed by atoms with E-state index in [1.54, 1.807) is 12.1 Å². The van der Waals surface area contributed by atoms with Crippen LogP contribution in [0.25, 0.3) is 0 Å². The Labute approximate surface area is 132 Å². The summed E-state index contributed by atoms with van der Waals surface area (Å²) < 4.78 is 6.29. The number of hydrogen-bond donors (Lipinski definition) is 1. The van der Waals surface area contributed by atoms with E-state index in [0.717, 1.165) is 10.9 Å². The Kier molecular flexibility index (Phi) is 5.82. The largest absolute Gasteiger partial charge is 0.489 e. The molecule has 1 aliphatic carbocycles. The second-order valence-corrected chi connectivity index (χ2v) is 6.72. The molecule has 1 aromatic rings. The van der Waals surface area contributed by atoms with E-state index in [2.05, 4.69) is 15.9 Å². The highest BCUT2D eigenvalue weighted by Crippen LogP contribution is 2.34. The molecule has 2 rings (SSSR count). The van der Waals surface area contributed by atoms with Gasteiger partial charge in [0, 0.05) is 10.5 Å². The fourth-order valence-electron chi connectivity index (χ4n) is 2.50. The minimum Gasteiger partial charge on any atom is -0.489 e. The van der Waals surface area contributed by atoms with Crippen LogP contribution in [0.3, 0.4) is 0 Å². The van der Waals surface area contributed by atoms with E-state index in [-0.39, 0.29) is 6.61 Å². The average molecular weight is 368 g/mol. The Morgan fingerprint density at radius 1 is 1.26 bits per heavy atom. The van der Waals surface area contributed by atoms with Crippen LogP contribution in [0.15, 0.2) is 16.6 Å². The summed E-state index contributed by atoms with van der Waals surface area (Å²) in [7, 11) is 0. The zero-order valence-electron chi connectivity index (χ0n) is 10.5. The Morgan fingerprint density at radius 3 is 2.63 bits per heavy atom. The number of halogens is 3. The van der Waals surface area contributed by atoms with E-state index in [1.165, 1.54) is 25.7 Å². The second kappa shape index (κ2) is 7.16. The van der Waals surface area contributed by atoms with Crippen molar-refractivity contribution in [1.82, 2.24) is 0 Å². The minimum atomic E-state index is -0.443. The highest BCUT2D eigenvalue weighted by atomic mass is 79.9. The van der Waals surface area contributed by atoms with Crippen LogP contribution in [-0.2, 0) is 0 Å². The van der Waals surface area contributed by atoms with Gasteiger partial charge in [-0.2, -0.15) is 0 Å². The van der Waals surface area contributed by atoms with E-state index in [4.69, 9.17) is 27.9 Å². The summed E-state index contributed by atoms with van der Waals surface area (Å²) in [6, 6.07) is 3.36. The van der Waals surface area contributed by atoms with Crippen LogP contribution in [0.4, 0.5) is 0 Å². The molecule has 0 spiro atoms. The Hall–Kier alpha value is 0.0400. The van der Waals surface area contributed by atoms with Crippen LogP contribution >= 0.6 is 39.1 Å². The summed E-state index contributed by atoms with van der Waals surface area (Å²) in [5, 5.41) is 11.0. The molecule has 1 aliphatic rings. The van der Waals surface area contributed by atoms with E-state index < -0.39 is 6.10 Å². The van der Waals surface area contributed by atoms with E-state index >= 15 is 0 Å². The average Bonchev–Trinajstić information content (AvgIpc) is 2.85. The fraction of sp³-hybridized carbons (Fsp3) is 0.571. The SMILES string of the molecule is OC(COc1cc(Cl)c(Br)cc1Cl)CC1CCCC1. The van der Waals surface area contributed by atoms with E-state index in [9.17, 15) is 5.11 Å². The van der Waals surface area contributed by atoms with Crippen molar-refractivity contribution in [2.75, 3.05) is 6.61 Å². The van der Waals surface area contributed by atoms with Gasteiger partial charge in [-0.1, -0.05) is 48.9 Å². The third-order valence-corrected chi connectivity index (χ3v) is 4.98. The number of rotatable bonds is 5. The maximum absolute atomic E-state index is 9.98. The zero-order valence-corrected chi connectivity index (χ0v) is 13.6. The van der Waals surface area contributed by atoms with Crippen molar-refractivity contribution in [2.45, 2.75) is 38.2 Å². The summed E-state index contributed by atoms with van der Waals surface area (Å²) in [5.41, 5.74) is 0. The zero-order chi connectivity index (χ0) is 13.8. The predicted octanol–water partition coefficient (Wildman–Crippen LogP) is 5.08. The molecule has 0 aliphatic heterocycles. The first-order valence-electron chi connectivity index (χ1n) is 6.51. The number of aliphatic hydroxyl groups is 1. The molecule has 1 atom stereocenters. The molecule has 0 aromatic heterocycles. The quantitative estimate of drug-likeness (QED) is 0.735. The van der Waals surface area contributed by atoms with Crippen LogP contribution in [0.5, 0.6) is 5.75 Å². The van der Waals surface area contributed by atoms with Crippen LogP contribution in [0, 0.1) is 5.92 Å². The molecule has 1 unspecified atom stereocenters. The molecule has 19 heavy (non-hydrogen) atoms. The maximum Gasteiger partial charge on any atom is 0.139 e. The lowest BCUT2D eigenvalue weighted by Gasteiger charge is -2.17. The fourth-order valence-corrected chi connectivity index (χ4v) is 3.35. The standard InChI is InChI=1S/C14H17BrCl2O2/c15-11-6-13(17)14(7-12(11)16)19-8-10(18)5-9-3-1-2-4-9/h6-7,9-10,18H,1-5,8H2. The Bertz CT molecular complexity index is 434. The normalized spacial score (nSPS) is 17.7. The molecule has 1 aromatic carbocycles. The van der Waals surface area contributed by atoms with Crippen molar-refractivity contribution in [3.8, 4) is 5.75 Å². The van der Waals surface area contributed by atoms with Gasteiger partial charge < -0.3 is 9.84 Å². The molecule has 1 fully saturated rings. The number of aliphatic hydroxyl groups excluding tert-OH is 1. The van der Waals surface area contributed by atoms with Crippen LogP contribution in [-0.4, -0.2) is 17.8 Å². The van der Waals surface area contributed by atoms with Crippen molar-refractivity contribution >= 4 is 39.1 Å². The van der Waals surface area contributed by atoms with E-state index in [1.807, 2.05) is 0 Å². The van der Waals surface area contributed by atoms with Gasteiger partial charge >= 0.3 is 0 Å². The molecule has 106 valence electrons. The lowest BCUT2D eigenvalue weighted by Crippen LogP contribution is -2.20. The highest BCUT2D eigenvalue weighted by molar-refractivity contribution is 9.10. The molecule has 0 amide bonds. The number of hydrogen-bond acceptors (Lipinski definition) is 2. The summed E-state index contributed by atoms with van der Waals surface area (Å²) in [6.45, 7) is 0.258. The summed E-state index contributed by atoms with van der Waals surface area (Å²) in [5.74, 6) is 1.16. The smallest absolute Gasteiger partial charge is 0.139 e. The number of benzene rings is 1. The van der Waals surface area contributed by atoms with Crippen LogP contribution in [0.1, 0.15) is 32.1 Å². The summed E-state index contributed by atoms with van der Waals surface area (Å²) in [6.07, 6.45) is 5.38. The van der Waals surface area contributed by atoms with Gasteiger partial charge in [0.1, 0.15) is 12.4 Å². The third kappa shape index (κ3) is 4.52. The lowest BCUT2D eigenvalue weighted by atomic mass is 10.0. The van der Waals surface area contributed by atoms with Crippen molar-refractivity contribution in [3.05, 3.63) is 26.7 Å². The van der Waals surface area contributed by atoms with Crippen LogP contribution < -0.4 is 4.74 Å². The minimum absolute atomic E-state index is 0.258. The highest BCUT2D eigenvalue weighted by Gasteiger charge is 2.19. The monoisotopic (exact) mass is 366 g/mol. The number of ether oxygens (including phenoxy) is 1. The van der Waals surface area contributed by atoms with E-state index in [0.29, 0.717) is 21.7 Å². The third-order valence-electron chi connectivity index (χ3n) is 3.49. The molecule has 1 saturated carbocycles. The van der Waals surface area contributed by atoms with Gasteiger partial charge in [-0.05, 0) is 34.3 Å². The van der Waals surface area contributed by atoms with Gasteiger partial charge in [0.2, 0.25) is 0 Å². The van der Waals surface area contributed by atoms with Gasteiger partial charge in [0.25, 0.3) is 0 Å². The first-order chi connectivity index (χ1) is 9.06. The topological polar surface area (TPSA) is 29.5 Å². The molecule has 0 saturated heterocycles. The van der Waals surface area contributed by atoms with Gasteiger partial charge in [-0.3, -0.25) is 0 Å². The lowest BCUT2D eigenvalue weighted by molar-refractivity contribution is 0.0856. The summed E-state index contributed by atoms with van der Waals surface area (Å²) >= 11 is 15.3. The Balaban J connectivity index is 1.85. The molecule has 0 heterocycles. The molecular weight excluding hydrogens is 351 g/mol. The van der Waals surface area contributed by atoms with Gasteiger partial charge in [0.05, 0.1) is 16.1 Å². The molecule has 5 heteroatoms. The van der Waals surface area contributed by atoms with Crippen molar-refractivity contribution in [3.63, 3.8) is 0 Å². The van der Waals surface area contributed by atoms with Gasteiger partial charge in [0.15, 0.2) is 0 Å². The van der Waals surface area contributed by atoms with Crippen molar-refractivity contribution in [2.24, 2.45) is 5.92 Å². The first-order valence-corrected chi connectivity index (χ1v) is 8.06. The molecule has 0 radical (unpaired) electrons. The molecule has 0 bridgehead atoms. The first kappa shape index (κ1) is 15.4. The maximum atomic E-state index is 9.98. The van der Waals surface area contributed by atoms with Crippen molar-refractivity contribution < 1.29 is 9.84 Å². The predicted molar refractivity (Wildman–Crippen MR) is 82.2 cm³/mol. The van der Waals surface area contributed by atoms with Crippen molar-refractivity contribution in [1.29, 1.82) is 0 Å². The Morgan fingerprint density at radius 2 is 1.95 bits per heavy atom. The van der Waals surface area contributed by atoms with Gasteiger partial charge in [-0.15, -0.1) is 0 Å². The van der Waals surface area contributed by atoms with Gasteiger partial charge in [-0.25, -0.2) is 0 Å². The molecular formula is C14H17BrCl2O2.